The van der Waals surface area contributed by atoms with E-state index in [4.69, 9.17) is 6.42 Å². The van der Waals surface area contributed by atoms with Gasteiger partial charge in [0.15, 0.2) is 0 Å². The Balaban J connectivity index is 2.87. The average Bonchev–Trinajstić information content (AvgIpc) is 2.28. The highest BCUT2D eigenvalue weighted by atomic mass is 19.4. The van der Waals surface area contributed by atoms with Crippen molar-refractivity contribution in [3.8, 4) is 12.3 Å². The topological polar surface area (TPSA) is 12.0 Å². The summed E-state index contributed by atoms with van der Waals surface area (Å²) in [5.41, 5.74) is -0.623. The van der Waals surface area contributed by atoms with Crippen LogP contribution in [0.3, 0.4) is 0 Å². The van der Waals surface area contributed by atoms with E-state index in [1.54, 1.807) is 0 Å². The van der Waals surface area contributed by atoms with Crippen molar-refractivity contribution in [2.45, 2.75) is 32.0 Å². The molecular formula is C13H14F3N. The van der Waals surface area contributed by atoms with Crippen LogP contribution in [0.25, 0.3) is 0 Å². The number of rotatable bonds is 3. The predicted molar refractivity (Wildman–Crippen MR) is 62.6 cm³/mol. The fraction of sp³-hybridized carbons (Fsp3) is 0.385. The van der Waals surface area contributed by atoms with Crippen molar-refractivity contribution in [1.29, 1.82) is 0 Å². The van der Waals surface area contributed by atoms with E-state index in [1.807, 2.05) is 13.8 Å². The van der Waals surface area contributed by atoms with Crippen molar-refractivity contribution in [3.63, 3.8) is 0 Å². The molecular weight excluding hydrogens is 227 g/mol. The van der Waals surface area contributed by atoms with E-state index in [-0.39, 0.29) is 0 Å². The van der Waals surface area contributed by atoms with E-state index < -0.39 is 17.3 Å². The lowest BCUT2D eigenvalue weighted by Gasteiger charge is -2.25. The second-order valence-corrected chi connectivity index (χ2v) is 4.03. The molecule has 0 aliphatic carbocycles. The molecule has 0 fully saturated rings. The minimum absolute atomic E-state index is 0.542. The van der Waals surface area contributed by atoms with Gasteiger partial charge in [-0.05, 0) is 37.6 Å². The van der Waals surface area contributed by atoms with Crippen LogP contribution in [-0.4, -0.2) is 5.54 Å². The molecule has 0 radical (unpaired) electrons. The Morgan fingerprint density at radius 1 is 1.24 bits per heavy atom. The van der Waals surface area contributed by atoms with Crippen LogP contribution in [0.5, 0.6) is 0 Å². The molecule has 4 heteroatoms. The van der Waals surface area contributed by atoms with Gasteiger partial charge in [0.2, 0.25) is 0 Å². The summed E-state index contributed by atoms with van der Waals surface area (Å²) in [4.78, 5) is 0. The van der Waals surface area contributed by atoms with Crippen molar-refractivity contribution >= 4 is 5.69 Å². The second-order valence-electron chi connectivity index (χ2n) is 4.03. The zero-order chi connectivity index (χ0) is 13.1. The summed E-state index contributed by atoms with van der Waals surface area (Å²) in [5, 5.41) is 3.03. The van der Waals surface area contributed by atoms with E-state index in [2.05, 4.69) is 11.2 Å². The molecule has 0 saturated heterocycles. The van der Waals surface area contributed by atoms with Crippen molar-refractivity contribution in [1.82, 2.24) is 0 Å². The van der Waals surface area contributed by atoms with Crippen LogP contribution < -0.4 is 5.32 Å². The van der Waals surface area contributed by atoms with Crippen LogP contribution in [0.4, 0.5) is 18.9 Å². The van der Waals surface area contributed by atoms with Crippen LogP contribution in [0.2, 0.25) is 0 Å². The smallest absolute Gasteiger partial charge is 0.369 e. The number of benzene rings is 1. The molecule has 1 rings (SSSR count). The van der Waals surface area contributed by atoms with Gasteiger partial charge in [0.1, 0.15) is 0 Å². The highest BCUT2D eigenvalue weighted by Crippen LogP contribution is 2.30. The van der Waals surface area contributed by atoms with E-state index in [0.717, 1.165) is 12.1 Å². The lowest BCUT2D eigenvalue weighted by molar-refractivity contribution is -0.137. The van der Waals surface area contributed by atoms with E-state index >= 15 is 0 Å². The largest absolute Gasteiger partial charge is 0.416 e. The molecule has 1 aromatic carbocycles. The van der Waals surface area contributed by atoms with Gasteiger partial charge in [0.05, 0.1) is 11.1 Å². The summed E-state index contributed by atoms with van der Waals surface area (Å²) in [5.74, 6) is 2.59. The van der Waals surface area contributed by atoms with Gasteiger partial charge >= 0.3 is 6.18 Å². The first kappa shape index (κ1) is 13.4. The molecule has 1 N–H and O–H groups in total. The maximum absolute atomic E-state index is 12.3. The summed E-state index contributed by atoms with van der Waals surface area (Å²) in [6.45, 7) is 3.74. The molecule has 1 atom stereocenters. The third-order valence-electron chi connectivity index (χ3n) is 2.66. The van der Waals surface area contributed by atoms with Crippen molar-refractivity contribution in [2.24, 2.45) is 0 Å². The van der Waals surface area contributed by atoms with Crippen LogP contribution >= 0.6 is 0 Å². The highest BCUT2D eigenvalue weighted by molar-refractivity contribution is 5.49. The Labute approximate surface area is 99.0 Å². The average molecular weight is 241 g/mol. The number of anilines is 1. The zero-order valence-corrected chi connectivity index (χ0v) is 9.73. The van der Waals surface area contributed by atoms with E-state index in [0.29, 0.717) is 12.1 Å². The first-order chi connectivity index (χ1) is 7.80. The zero-order valence-electron chi connectivity index (χ0n) is 9.73. The molecule has 0 amide bonds. The van der Waals surface area contributed by atoms with Crippen LogP contribution in [-0.2, 0) is 6.18 Å². The Morgan fingerprint density at radius 3 is 2.12 bits per heavy atom. The lowest BCUT2D eigenvalue weighted by atomic mass is 9.99. The van der Waals surface area contributed by atoms with Gasteiger partial charge in [0, 0.05) is 5.69 Å². The monoisotopic (exact) mass is 241 g/mol. The third kappa shape index (κ3) is 3.42. The molecule has 0 unspecified atom stereocenters. The van der Waals surface area contributed by atoms with Gasteiger partial charge in [-0.2, -0.15) is 13.2 Å². The Kier molecular flexibility index (Phi) is 3.72. The summed E-state index contributed by atoms with van der Waals surface area (Å²) < 4.78 is 37.0. The summed E-state index contributed by atoms with van der Waals surface area (Å²) in [6.07, 6.45) is 1.75. The molecule has 0 bridgehead atoms. The molecule has 0 aliphatic rings. The maximum atomic E-state index is 12.3. The van der Waals surface area contributed by atoms with Gasteiger partial charge in [-0.3, -0.25) is 0 Å². The van der Waals surface area contributed by atoms with Crippen molar-refractivity contribution in [3.05, 3.63) is 29.8 Å². The number of nitrogens with one attached hydrogen (secondary N) is 1. The van der Waals surface area contributed by atoms with Crippen LogP contribution in [0, 0.1) is 12.3 Å². The molecule has 0 heterocycles. The minimum atomic E-state index is -4.31. The van der Waals surface area contributed by atoms with Gasteiger partial charge in [-0.15, -0.1) is 6.42 Å². The van der Waals surface area contributed by atoms with Crippen molar-refractivity contribution in [2.75, 3.05) is 5.32 Å². The molecule has 0 aliphatic heterocycles. The predicted octanol–water partition coefficient (Wildman–Crippen LogP) is 3.92. The van der Waals surface area contributed by atoms with Gasteiger partial charge in [-0.25, -0.2) is 0 Å². The van der Waals surface area contributed by atoms with Crippen molar-refractivity contribution < 1.29 is 13.2 Å². The summed E-state index contributed by atoms with van der Waals surface area (Å²) in [7, 11) is 0. The van der Waals surface area contributed by atoms with Gasteiger partial charge in [-0.1, -0.05) is 12.8 Å². The van der Waals surface area contributed by atoms with Gasteiger partial charge < -0.3 is 5.32 Å². The summed E-state index contributed by atoms with van der Waals surface area (Å²) in [6, 6.07) is 4.84. The second kappa shape index (κ2) is 4.70. The molecule has 0 aromatic heterocycles. The molecule has 0 spiro atoms. The fourth-order valence-electron chi connectivity index (χ4n) is 1.29. The maximum Gasteiger partial charge on any atom is 0.416 e. The number of alkyl halides is 3. The SMILES string of the molecule is C#C[C@@](C)(CC)Nc1ccc(C(F)(F)F)cc1. The normalized spacial score (nSPS) is 14.8. The third-order valence-corrected chi connectivity index (χ3v) is 2.66. The number of halogens is 3. The quantitative estimate of drug-likeness (QED) is 0.791. The Hall–Kier alpha value is -1.63. The fourth-order valence-corrected chi connectivity index (χ4v) is 1.29. The van der Waals surface area contributed by atoms with Crippen LogP contribution in [0.1, 0.15) is 25.8 Å². The van der Waals surface area contributed by atoms with Crippen LogP contribution in [0.15, 0.2) is 24.3 Å². The Bertz CT molecular complexity index is 414. The molecule has 1 aromatic rings. The first-order valence-electron chi connectivity index (χ1n) is 5.24. The van der Waals surface area contributed by atoms with E-state index in [1.165, 1.54) is 12.1 Å². The van der Waals surface area contributed by atoms with Gasteiger partial charge in [0.25, 0.3) is 0 Å². The number of hydrogen-bond acceptors (Lipinski definition) is 1. The molecule has 92 valence electrons. The lowest BCUT2D eigenvalue weighted by Crippen LogP contribution is -2.31. The number of terminal acetylenes is 1. The Morgan fingerprint density at radius 2 is 1.76 bits per heavy atom. The minimum Gasteiger partial charge on any atom is -0.369 e. The summed E-state index contributed by atoms with van der Waals surface area (Å²) >= 11 is 0. The molecule has 0 saturated carbocycles. The highest BCUT2D eigenvalue weighted by Gasteiger charge is 2.30. The molecule has 17 heavy (non-hydrogen) atoms. The first-order valence-corrected chi connectivity index (χ1v) is 5.24. The number of hydrogen-bond donors (Lipinski definition) is 1. The van der Waals surface area contributed by atoms with E-state index in [9.17, 15) is 13.2 Å². The standard InChI is InChI=1S/C13H14F3N/c1-4-12(3,5-2)17-11-8-6-10(7-9-11)13(14,15)16/h1,6-9,17H,5H2,2-3H3/t12-/m0/s1. The molecule has 1 nitrogen and oxygen atoms in total.